The Labute approximate surface area is 95.3 Å². The summed E-state index contributed by atoms with van der Waals surface area (Å²) >= 11 is 8.42. The van der Waals surface area contributed by atoms with E-state index in [4.69, 9.17) is 11.6 Å². The molecule has 0 radical (unpaired) electrons. The summed E-state index contributed by atoms with van der Waals surface area (Å²) in [5.74, 6) is 0.730. The van der Waals surface area contributed by atoms with E-state index in [0.29, 0.717) is 0 Å². The first-order valence-electron chi connectivity index (χ1n) is 5.39. The third-order valence-electron chi connectivity index (χ3n) is 3.14. The third-order valence-corrected chi connectivity index (χ3v) is 5.08. The highest BCUT2D eigenvalue weighted by molar-refractivity contribution is 7.12. The molecule has 1 aromatic rings. The van der Waals surface area contributed by atoms with E-state index in [9.17, 15) is 0 Å². The first kappa shape index (κ1) is 10.5. The molecule has 0 aromatic carbocycles. The van der Waals surface area contributed by atoms with Crippen molar-refractivity contribution in [1.82, 2.24) is 0 Å². The van der Waals surface area contributed by atoms with Crippen molar-refractivity contribution in [1.29, 1.82) is 0 Å². The Morgan fingerprint density at radius 1 is 1.36 bits per heavy atom. The molecule has 2 rings (SSSR count). The van der Waals surface area contributed by atoms with Gasteiger partial charge in [-0.2, -0.15) is 0 Å². The Morgan fingerprint density at radius 3 is 2.50 bits per heavy atom. The lowest BCUT2D eigenvalue weighted by molar-refractivity contribution is 0.532. The molecule has 78 valence electrons. The topological polar surface area (TPSA) is 0 Å². The number of rotatable bonds is 2. The molecule has 1 aliphatic rings. The van der Waals surface area contributed by atoms with Crippen LogP contribution in [0.5, 0.6) is 0 Å². The molecule has 1 aliphatic carbocycles. The lowest BCUT2D eigenvalue weighted by Gasteiger charge is -2.15. The van der Waals surface area contributed by atoms with Crippen LogP contribution >= 0.6 is 22.9 Å². The normalized spacial score (nSPS) is 20.2. The van der Waals surface area contributed by atoms with Gasteiger partial charge in [-0.3, -0.25) is 0 Å². The maximum atomic E-state index is 6.54. The second kappa shape index (κ2) is 4.24. The highest BCUT2D eigenvalue weighted by Crippen LogP contribution is 2.43. The fraction of sp³-hybridized carbons (Fsp3) is 0.667. The Kier molecular flexibility index (Phi) is 3.18. The van der Waals surface area contributed by atoms with Crippen LogP contribution in [-0.4, -0.2) is 0 Å². The molecule has 0 bridgehead atoms. The van der Waals surface area contributed by atoms with Crippen molar-refractivity contribution < 1.29 is 0 Å². The quantitative estimate of drug-likeness (QED) is 0.636. The SMILES string of the molecule is Cc1cc(C)c(C(Cl)C2CCCC2)s1. The van der Waals surface area contributed by atoms with Crippen molar-refractivity contribution in [2.24, 2.45) is 5.92 Å². The van der Waals surface area contributed by atoms with Gasteiger partial charge in [-0.15, -0.1) is 22.9 Å². The second-order valence-electron chi connectivity index (χ2n) is 4.35. The highest BCUT2D eigenvalue weighted by atomic mass is 35.5. The van der Waals surface area contributed by atoms with Crippen LogP contribution in [0.25, 0.3) is 0 Å². The van der Waals surface area contributed by atoms with E-state index in [2.05, 4.69) is 19.9 Å². The number of hydrogen-bond acceptors (Lipinski definition) is 1. The molecule has 0 saturated heterocycles. The van der Waals surface area contributed by atoms with E-state index < -0.39 is 0 Å². The minimum atomic E-state index is 0.274. The highest BCUT2D eigenvalue weighted by Gasteiger charge is 2.26. The van der Waals surface area contributed by atoms with Gasteiger partial charge in [0, 0.05) is 9.75 Å². The molecule has 14 heavy (non-hydrogen) atoms. The first-order valence-corrected chi connectivity index (χ1v) is 6.65. The van der Waals surface area contributed by atoms with Crippen LogP contribution < -0.4 is 0 Å². The van der Waals surface area contributed by atoms with Gasteiger partial charge >= 0.3 is 0 Å². The predicted molar refractivity (Wildman–Crippen MR) is 64.3 cm³/mol. The van der Waals surface area contributed by atoms with E-state index in [1.807, 2.05) is 11.3 Å². The summed E-state index contributed by atoms with van der Waals surface area (Å²) in [5.41, 5.74) is 1.39. The fourth-order valence-corrected chi connectivity index (χ4v) is 4.06. The molecule has 0 nitrogen and oxygen atoms in total. The monoisotopic (exact) mass is 228 g/mol. The van der Waals surface area contributed by atoms with Gasteiger partial charge in [-0.1, -0.05) is 12.8 Å². The molecule has 1 atom stereocenters. The number of alkyl halides is 1. The summed E-state index contributed by atoms with van der Waals surface area (Å²) in [5, 5.41) is 0.274. The number of halogens is 1. The van der Waals surface area contributed by atoms with Crippen molar-refractivity contribution in [3.8, 4) is 0 Å². The van der Waals surface area contributed by atoms with Gasteiger partial charge in [-0.25, -0.2) is 0 Å². The molecule has 1 fully saturated rings. The summed E-state index contributed by atoms with van der Waals surface area (Å²) in [4.78, 5) is 2.80. The predicted octanol–water partition coefficient (Wildman–Crippen LogP) is 4.84. The Bertz CT molecular complexity index is 310. The minimum absolute atomic E-state index is 0.274. The molecule has 1 unspecified atom stereocenters. The van der Waals surface area contributed by atoms with Crippen molar-refractivity contribution in [2.45, 2.75) is 44.9 Å². The van der Waals surface area contributed by atoms with Crippen LogP contribution in [0.4, 0.5) is 0 Å². The van der Waals surface area contributed by atoms with Crippen LogP contribution in [0.1, 0.15) is 46.4 Å². The second-order valence-corrected chi connectivity index (χ2v) is 6.11. The van der Waals surface area contributed by atoms with E-state index in [1.54, 1.807) is 0 Å². The summed E-state index contributed by atoms with van der Waals surface area (Å²) in [6, 6.07) is 2.25. The Balaban J connectivity index is 2.17. The first-order chi connectivity index (χ1) is 6.68. The smallest absolute Gasteiger partial charge is 0.0709 e. The molecule has 1 saturated carbocycles. The van der Waals surface area contributed by atoms with Crippen LogP contribution in [-0.2, 0) is 0 Å². The number of thiophene rings is 1. The average molecular weight is 229 g/mol. The zero-order valence-electron chi connectivity index (χ0n) is 8.85. The fourth-order valence-electron chi connectivity index (χ4n) is 2.40. The van der Waals surface area contributed by atoms with E-state index >= 15 is 0 Å². The Hall–Kier alpha value is -0.0100. The zero-order chi connectivity index (χ0) is 10.1. The molecule has 0 spiro atoms. The van der Waals surface area contributed by atoms with E-state index in [-0.39, 0.29) is 5.38 Å². The maximum Gasteiger partial charge on any atom is 0.0709 e. The van der Waals surface area contributed by atoms with Gasteiger partial charge in [0.05, 0.1) is 5.38 Å². The molecule has 2 heteroatoms. The lowest BCUT2D eigenvalue weighted by atomic mass is 10.0. The molecule has 0 aliphatic heterocycles. The van der Waals surface area contributed by atoms with Gasteiger partial charge in [-0.05, 0) is 44.2 Å². The van der Waals surface area contributed by atoms with Crippen LogP contribution in [0.15, 0.2) is 6.07 Å². The van der Waals surface area contributed by atoms with Crippen LogP contribution in [0.3, 0.4) is 0 Å². The van der Waals surface area contributed by atoms with Crippen LogP contribution in [0.2, 0.25) is 0 Å². The standard InChI is InChI=1S/C12H17ClS/c1-8-7-9(2)14-12(8)11(13)10-5-3-4-6-10/h7,10-11H,3-6H2,1-2H3. The van der Waals surface area contributed by atoms with Gasteiger partial charge in [0.25, 0.3) is 0 Å². The van der Waals surface area contributed by atoms with Crippen molar-refractivity contribution >= 4 is 22.9 Å². The van der Waals surface area contributed by atoms with E-state index in [1.165, 1.54) is 41.0 Å². The summed E-state index contributed by atoms with van der Waals surface area (Å²) in [6.45, 7) is 4.35. The molecular formula is C12H17ClS. The summed E-state index contributed by atoms with van der Waals surface area (Å²) < 4.78 is 0. The molecular weight excluding hydrogens is 212 g/mol. The van der Waals surface area contributed by atoms with Gasteiger partial charge in [0.2, 0.25) is 0 Å². The third kappa shape index (κ3) is 1.99. The van der Waals surface area contributed by atoms with Gasteiger partial charge in [0.15, 0.2) is 0 Å². The van der Waals surface area contributed by atoms with Crippen molar-refractivity contribution in [3.05, 3.63) is 21.4 Å². The zero-order valence-corrected chi connectivity index (χ0v) is 10.4. The van der Waals surface area contributed by atoms with Gasteiger partial charge < -0.3 is 0 Å². The van der Waals surface area contributed by atoms with Crippen molar-refractivity contribution in [3.63, 3.8) is 0 Å². The summed E-state index contributed by atoms with van der Waals surface area (Å²) in [7, 11) is 0. The van der Waals surface area contributed by atoms with E-state index in [0.717, 1.165) is 5.92 Å². The Morgan fingerprint density at radius 2 is 2.00 bits per heavy atom. The minimum Gasteiger partial charge on any atom is -0.144 e. The van der Waals surface area contributed by atoms with Crippen LogP contribution in [0, 0.1) is 19.8 Å². The molecule has 0 N–H and O–H groups in total. The maximum absolute atomic E-state index is 6.54. The lowest BCUT2D eigenvalue weighted by Crippen LogP contribution is -2.02. The van der Waals surface area contributed by atoms with Crippen molar-refractivity contribution in [2.75, 3.05) is 0 Å². The molecule has 0 amide bonds. The molecule has 1 heterocycles. The van der Waals surface area contributed by atoms with Gasteiger partial charge in [0.1, 0.15) is 0 Å². The number of hydrogen-bond donors (Lipinski definition) is 0. The molecule has 1 aromatic heterocycles. The number of aryl methyl sites for hydroxylation is 2. The largest absolute Gasteiger partial charge is 0.144 e. The summed E-state index contributed by atoms with van der Waals surface area (Å²) in [6.07, 6.45) is 5.39. The average Bonchev–Trinajstić information content (AvgIpc) is 2.73.